The maximum absolute atomic E-state index is 12.4. The van der Waals surface area contributed by atoms with Crippen LogP contribution in [-0.4, -0.2) is 58.2 Å². The number of nitrogens with one attached hydrogen (secondary N) is 1. The summed E-state index contributed by atoms with van der Waals surface area (Å²) in [5, 5.41) is 3.91. The number of amides is 2. The molecule has 0 bridgehead atoms. The molecule has 186 valence electrons. The van der Waals surface area contributed by atoms with Gasteiger partial charge in [0.05, 0.1) is 5.39 Å². The summed E-state index contributed by atoms with van der Waals surface area (Å²) < 4.78 is 12.0. The maximum Gasteiger partial charge on any atom is 0.410 e. The fourth-order valence-corrected chi connectivity index (χ4v) is 6.25. The number of rotatable bonds is 6. The topological polar surface area (TPSA) is 93.6 Å². The predicted octanol–water partition coefficient (Wildman–Crippen LogP) is 4.80. The van der Waals surface area contributed by atoms with E-state index in [-0.39, 0.29) is 30.1 Å². The van der Waals surface area contributed by atoms with Crippen LogP contribution in [0.1, 0.15) is 82.6 Å². The Labute approximate surface area is 205 Å². The van der Waals surface area contributed by atoms with Gasteiger partial charge < -0.3 is 19.7 Å². The van der Waals surface area contributed by atoms with Gasteiger partial charge in [0.2, 0.25) is 11.8 Å². The molecule has 1 N–H and O–H groups in total. The molecule has 8 nitrogen and oxygen atoms in total. The highest BCUT2D eigenvalue weighted by molar-refractivity contribution is 7.19. The van der Waals surface area contributed by atoms with E-state index in [4.69, 9.17) is 9.47 Å². The number of thiophene rings is 1. The summed E-state index contributed by atoms with van der Waals surface area (Å²) >= 11 is 1.70. The first-order chi connectivity index (χ1) is 16.2. The van der Waals surface area contributed by atoms with Crippen molar-refractivity contribution in [3.8, 4) is 5.88 Å². The lowest BCUT2D eigenvalue weighted by Gasteiger charge is -2.35. The molecular weight excluding hydrogens is 452 g/mol. The highest BCUT2D eigenvalue weighted by Crippen LogP contribution is 2.47. The van der Waals surface area contributed by atoms with Crippen molar-refractivity contribution in [2.75, 3.05) is 13.6 Å². The lowest BCUT2D eigenvalue weighted by atomic mass is 9.92. The molecule has 0 saturated heterocycles. The standard InChI is InChI=1S/C25H36N4O4S/c1-6-26-19(30)13-15-7-12-18-20(15)21-22(27-14-28-23(21)34-18)32-17-10-8-16(9-11-17)29(5)24(31)33-25(2,3)4/h14-17H,6-13H2,1-5H3,(H,26,30). The molecule has 0 spiro atoms. The molecule has 2 aromatic heterocycles. The van der Waals surface area contributed by atoms with Gasteiger partial charge in [0.25, 0.3) is 0 Å². The van der Waals surface area contributed by atoms with Crippen LogP contribution in [0.4, 0.5) is 4.79 Å². The molecule has 2 aliphatic rings. The van der Waals surface area contributed by atoms with E-state index in [1.165, 1.54) is 10.4 Å². The molecular formula is C25H36N4O4S. The minimum Gasteiger partial charge on any atom is -0.474 e. The first kappa shape index (κ1) is 24.7. The van der Waals surface area contributed by atoms with Crippen molar-refractivity contribution in [2.45, 2.75) is 96.3 Å². The molecule has 1 saturated carbocycles. The van der Waals surface area contributed by atoms with E-state index in [0.29, 0.717) is 18.8 Å². The molecule has 2 aliphatic carbocycles. The Morgan fingerprint density at radius 3 is 2.59 bits per heavy atom. The van der Waals surface area contributed by atoms with E-state index in [9.17, 15) is 9.59 Å². The van der Waals surface area contributed by atoms with Crippen molar-refractivity contribution in [1.29, 1.82) is 0 Å². The summed E-state index contributed by atoms with van der Waals surface area (Å²) in [4.78, 5) is 37.7. The smallest absolute Gasteiger partial charge is 0.410 e. The first-order valence-electron chi connectivity index (χ1n) is 12.3. The number of hydrogen-bond donors (Lipinski definition) is 1. The fourth-order valence-electron chi connectivity index (χ4n) is 5.02. The summed E-state index contributed by atoms with van der Waals surface area (Å²) in [5.41, 5.74) is 0.708. The van der Waals surface area contributed by atoms with Gasteiger partial charge in [-0.3, -0.25) is 4.79 Å². The molecule has 34 heavy (non-hydrogen) atoms. The van der Waals surface area contributed by atoms with E-state index in [1.54, 1.807) is 22.6 Å². The van der Waals surface area contributed by atoms with E-state index >= 15 is 0 Å². The zero-order chi connectivity index (χ0) is 24.5. The number of hydrogen-bond acceptors (Lipinski definition) is 7. The molecule has 0 aromatic carbocycles. The Morgan fingerprint density at radius 1 is 1.18 bits per heavy atom. The highest BCUT2D eigenvalue weighted by atomic mass is 32.1. The minimum atomic E-state index is -0.500. The van der Waals surface area contributed by atoms with Gasteiger partial charge in [0, 0.05) is 30.9 Å². The average Bonchev–Trinajstić information content (AvgIpc) is 3.33. The summed E-state index contributed by atoms with van der Waals surface area (Å²) in [7, 11) is 1.82. The summed E-state index contributed by atoms with van der Waals surface area (Å²) in [5.74, 6) is 0.905. The van der Waals surface area contributed by atoms with Gasteiger partial charge in [-0.25, -0.2) is 14.8 Å². The number of fused-ring (bicyclic) bond motifs is 3. The third-order valence-corrected chi connectivity index (χ3v) is 7.83. The lowest BCUT2D eigenvalue weighted by Crippen LogP contribution is -2.43. The third-order valence-electron chi connectivity index (χ3n) is 6.65. The number of carbonyl (C=O) groups is 2. The Morgan fingerprint density at radius 2 is 1.91 bits per heavy atom. The van der Waals surface area contributed by atoms with Gasteiger partial charge in [-0.1, -0.05) is 0 Å². The molecule has 0 aliphatic heterocycles. The fraction of sp³-hybridized carbons (Fsp3) is 0.680. The second kappa shape index (κ2) is 10.1. The van der Waals surface area contributed by atoms with Crippen molar-refractivity contribution in [3.05, 3.63) is 16.8 Å². The Balaban J connectivity index is 1.44. The third kappa shape index (κ3) is 5.45. The molecule has 2 aromatic rings. The summed E-state index contributed by atoms with van der Waals surface area (Å²) in [6, 6.07) is 0.145. The van der Waals surface area contributed by atoms with E-state index in [0.717, 1.165) is 48.7 Å². The normalized spacial score (nSPS) is 22.3. The zero-order valence-corrected chi connectivity index (χ0v) is 21.7. The van der Waals surface area contributed by atoms with Gasteiger partial charge in [-0.05, 0) is 77.7 Å². The van der Waals surface area contributed by atoms with Crippen LogP contribution in [0.15, 0.2) is 6.33 Å². The van der Waals surface area contributed by atoms with Crippen LogP contribution >= 0.6 is 11.3 Å². The monoisotopic (exact) mass is 488 g/mol. The summed E-state index contributed by atoms with van der Waals surface area (Å²) in [6.07, 6.45) is 7.18. The molecule has 4 rings (SSSR count). The molecule has 2 amide bonds. The Hall–Kier alpha value is -2.42. The van der Waals surface area contributed by atoms with E-state index in [1.807, 2.05) is 34.7 Å². The molecule has 1 fully saturated rings. The van der Waals surface area contributed by atoms with Crippen molar-refractivity contribution in [2.24, 2.45) is 0 Å². The van der Waals surface area contributed by atoms with Crippen molar-refractivity contribution in [1.82, 2.24) is 20.2 Å². The van der Waals surface area contributed by atoms with Crippen LogP contribution < -0.4 is 10.1 Å². The maximum atomic E-state index is 12.4. The second-order valence-electron chi connectivity index (χ2n) is 10.3. The first-order valence-corrected chi connectivity index (χ1v) is 13.1. The number of aryl methyl sites for hydroxylation is 1. The molecule has 2 heterocycles. The Bertz CT molecular complexity index is 1040. The van der Waals surface area contributed by atoms with Crippen LogP contribution in [-0.2, 0) is 16.0 Å². The SMILES string of the molecule is CCNC(=O)CC1CCc2sc3ncnc(OC4CCC(N(C)C(=O)OC(C)(C)C)CC4)c3c21. The second-order valence-corrected chi connectivity index (χ2v) is 11.4. The summed E-state index contributed by atoms with van der Waals surface area (Å²) in [6.45, 7) is 8.24. The number of ether oxygens (including phenoxy) is 2. The highest BCUT2D eigenvalue weighted by Gasteiger charge is 2.33. The molecule has 1 unspecified atom stereocenters. The largest absolute Gasteiger partial charge is 0.474 e. The minimum absolute atomic E-state index is 0.0418. The van der Waals surface area contributed by atoms with Gasteiger partial charge in [-0.15, -0.1) is 11.3 Å². The van der Waals surface area contributed by atoms with Gasteiger partial charge in [0.1, 0.15) is 22.9 Å². The van der Waals surface area contributed by atoms with E-state index in [2.05, 4.69) is 15.3 Å². The van der Waals surface area contributed by atoms with E-state index < -0.39 is 5.60 Å². The van der Waals surface area contributed by atoms with Gasteiger partial charge >= 0.3 is 6.09 Å². The average molecular weight is 489 g/mol. The van der Waals surface area contributed by atoms with Gasteiger partial charge in [-0.2, -0.15) is 0 Å². The van der Waals surface area contributed by atoms with Crippen molar-refractivity contribution < 1.29 is 19.1 Å². The lowest BCUT2D eigenvalue weighted by molar-refractivity contribution is -0.121. The van der Waals surface area contributed by atoms with Crippen LogP contribution in [0, 0.1) is 0 Å². The molecule has 1 atom stereocenters. The van der Waals surface area contributed by atoms with Gasteiger partial charge in [0.15, 0.2) is 0 Å². The zero-order valence-electron chi connectivity index (χ0n) is 20.8. The number of carbonyl (C=O) groups excluding carboxylic acids is 2. The number of aromatic nitrogens is 2. The number of nitrogens with zero attached hydrogens (tertiary/aromatic N) is 3. The van der Waals surface area contributed by atoms with Crippen molar-refractivity contribution in [3.63, 3.8) is 0 Å². The van der Waals surface area contributed by atoms with Crippen LogP contribution in [0.3, 0.4) is 0 Å². The van der Waals surface area contributed by atoms with Crippen molar-refractivity contribution >= 4 is 33.6 Å². The Kier molecular flexibility index (Phi) is 7.31. The van der Waals surface area contributed by atoms with Crippen LogP contribution in [0.2, 0.25) is 0 Å². The quantitative estimate of drug-likeness (QED) is 0.628. The van der Waals surface area contributed by atoms with Crippen LogP contribution in [0.25, 0.3) is 10.2 Å². The van der Waals surface area contributed by atoms with Crippen LogP contribution in [0.5, 0.6) is 5.88 Å². The predicted molar refractivity (Wildman–Crippen MR) is 132 cm³/mol. The molecule has 9 heteroatoms. The molecule has 0 radical (unpaired) electrons.